The molecular weight excluding hydrogens is 328 g/mol. The number of pyridine rings is 1. The zero-order valence-corrected chi connectivity index (χ0v) is 15.1. The predicted molar refractivity (Wildman–Crippen MR) is 91.4 cm³/mol. The second-order valence-corrected chi connectivity index (χ2v) is 7.74. The maximum Gasteiger partial charge on any atom is 0.265 e. The van der Waals surface area contributed by atoms with E-state index in [1.165, 1.54) is 12.4 Å². The van der Waals surface area contributed by atoms with Crippen LogP contribution < -0.4 is 4.72 Å². The largest absolute Gasteiger partial charge is 0.278 e. The molecular formula is C15H20N6O2S. The summed E-state index contributed by atoms with van der Waals surface area (Å²) in [7, 11) is -1.91. The van der Waals surface area contributed by atoms with Gasteiger partial charge in [-0.3, -0.25) is 14.1 Å². The number of nitrogens with one attached hydrogen (secondary N) is 1. The molecule has 0 bridgehead atoms. The topological polar surface area (TPSA) is 94.7 Å². The predicted octanol–water partition coefficient (Wildman–Crippen LogP) is 2.16. The van der Waals surface area contributed by atoms with E-state index in [0.717, 1.165) is 16.7 Å². The molecule has 0 spiro atoms. The zero-order chi connectivity index (χ0) is 17.6. The molecule has 3 aromatic heterocycles. The van der Waals surface area contributed by atoms with Crippen molar-refractivity contribution in [3.63, 3.8) is 0 Å². The van der Waals surface area contributed by atoms with Crippen molar-refractivity contribution in [1.82, 2.24) is 24.5 Å². The fraction of sp³-hybridized carbons (Fsp3) is 0.400. The van der Waals surface area contributed by atoms with Crippen LogP contribution in [-0.4, -0.2) is 33.0 Å². The number of sulfonamides is 1. The molecule has 3 rings (SSSR count). The first-order chi connectivity index (χ1) is 11.2. The monoisotopic (exact) mass is 348 g/mol. The molecule has 0 saturated carbocycles. The molecule has 0 unspecified atom stereocenters. The molecule has 0 radical (unpaired) electrons. The maximum absolute atomic E-state index is 12.6. The Hall–Kier alpha value is -2.42. The second-order valence-electron chi connectivity index (χ2n) is 6.06. The molecule has 3 heterocycles. The zero-order valence-electron chi connectivity index (χ0n) is 14.3. The van der Waals surface area contributed by atoms with E-state index < -0.39 is 10.0 Å². The number of fused-ring (bicyclic) bond motifs is 1. The number of hydrogen-bond acceptors (Lipinski definition) is 5. The van der Waals surface area contributed by atoms with Gasteiger partial charge in [0.25, 0.3) is 10.0 Å². The minimum atomic E-state index is -3.72. The lowest BCUT2D eigenvalue weighted by molar-refractivity contribution is 0.531. The van der Waals surface area contributed by atoms with Crippen LogP contribution in [-0.2, 0) is 17.1 Å². The molecule has 1 N–H and O–H groups in total. The van der Waals surface area contributed by atoms with Crippen molar-refractivity contribution in [2.24, 2.45) is 7.05 Å². The van der Waals surface area contributed by atoms with Crippen LogP contribution >= 0.6 is 0 Å². The van der Waals surface area contributed by atoms with Crippen molar-refractivity contribution in [2.45, 2.75) is 38.6 Å². The van der Waals surface area contributed by atoms with Gasteiger partial charge in [0.05, 0.1) is 23.3 Å². The van der Waals surface area contributed by atoms with Crippen molar-refractivity contribution in [1.29, 1.82) is 0 Å². The molecule has 9 heteroatoms. The quantitative estimate of drug-likeness (QED) is 0.779. The van der Waals surface area contributed by atoms with Crippen LogP contribution in [0.5, 0.6) is 0 Å². The second kappa shape index (κ2) is 5.59. The summed E-state index contributed by atoms with van der Waals surface area (Å²) < 4.78 is 31.1. The highest BCUT2D eigenvalue weighted by atomic mass is 32.2. The molecule has 0 aliphatic rings. The third-order valence-corrected chi connectivity index (χ3v) is 5.17. The van der Waals surface area contributed by atoms with Gasteiger partial charge in [0, 0.05) is 24.7 Å². The number of aryl methyl sites for hydroxylation is 3. The van der Waals surface area contributed by atoms with Crippen LogP contribution in [0.1, 0.15) is 31.3 Å². The molecule has 24 heavy (non-hydrogen) atoms. The van der Waals surface area contributed by atoms with E-state index in [0.29, 0.717) is 11.4 Å². The van der Waals surface area contributed by atoms with Crippen molar-refractivity contribution in [2.75, 3.05) is 4.72 Å². The Balaban J connectivity index is 2.01. The van der Waals surface area contributed by atoms with Crippen molar-refractivity contribution in [3.8, 4) is 0 Å². The van der Waals surface area contributed by atoms with E-state index in [9.17, 15) is 8.42 Å². The molecule has 3 aromatic rings. The summed E-state index contributed by atoms with van der Waals surface area (Å²) >= 11 is 0. The Labute approximate surface area is 140 Å². The first-order valence-electron chi connectivity index (χ1n) is 7.57. The molecule has 0 aromatic carbocycles. The van der Waals surface area contributed by atoms with Gasteiger partial charge >= 0.3 is 0 Å². The van der Waals surface area contributed by atoms with Gasteiger partial charge in [-0.15, -0.1) is 0 Å². The average molecular weight is 348 g/mol. The number of nitrogens with zero attached hydrogens (tertiary/aromatic N) is 5. The first-order valence-corrected chi connectivity index (χ1v) is 9.05. The molecule has 0 aliphatic carbocycles. The molecule has 0 atom stereocenters. The molecule has 8 nitrogen and oxygen atoms in total. The summed E-state index contributed by atoms with van der Waals surface area (Å²) in [5.74, 6) is 0. The van der Waals surface area contributed by atoms with E-state index in [-0.39, 0.29) is 10.9 Å². The van der Waals surface area contributed by atoms with Gasteiger partial charge in [-0.1, -0.05) is 0 Å². The highest BCUT2D eigenvalue weighted by molar-refractivity contribution is 7.92. The average Bonchev–Trinajstić information content (AvgIpc) is 3.07. The van der Waals surface area contributed by atoms with E-state index in [1.807, 2.05) is 27.8 Å². The highest BCUT2D eigenvalue weighted by Crippen LogP contribution is 2.25. The van der Waals surface area contributed by atoms with Gasteiger partial charge < -0.3 is 0 Å². The summed E-state index contributed by atoms with van der Waals surface area (Å²) in [5, 5.41) is 9.21. The van der Waals surface area contributed by atoms with Gasteiger partial charge in [0.1, 0.15) is 4.90 Å². The summed E-state index contributed by atoms with van der Waals surface area (Å²) in [5.41, 5.74) is 2.55. The van der Waals surface area contributed by atoms with Crippen molar-refractivity contribution < 1.29 is 8.42 Å². The minimum Gasteiger partial charge on any atom is -0.278 e. The van der Waals surface area contributed by atoms with Crippen LogP contribution in [0.3, 0.4) is 0 Å². The number of hydrogen-bond donors (Lipinski definition) is 1. The van der Waals surface area contributed by atoms with E-state index in [1.54, 1.807) is 22.4 Å². The maximum atomic E-state index is 12.6. The van der Waals surface area contributed by atoms with Crippen molar-refractivity contribution >= 4 is 26.7 Å². The van der Waals surface area contributed by atoms with Crippen LogP contribution in [0.2, 0.25) is 0 Å². The lowest BCUT2D eigenvalue weighted by Gasteiger charge is -2.09. The molecule has 0 fully saturated rings. The molecule has 0 saturated heterocycles. The van der Waals surface area contributed by atoms with Crippen LogP contribution in [0, 0.1) is 13.8 Å². The van der Waals surface area contributed by atoms with Gasteiger partial charge in [-0.05, 0) is 33.8 Å². The fourth-order valence-electron chi connectivity index (χ4n) is 2.48. The first kappa shape index (κ1) is 16.4. The summed E-state index contributed by atoms with van der Waals surface area (Å²) in [6.07, 6.45) is 2.86. The molecule has 0 amide bonds. The number of aromatic nitrogens is 5. The number of rotatable bonds is 4. The number of anilines is 1. The summed E-state index contributed by atoms with van der Waals surface area (Å²) in [6.45, 7) is 7.50. The van der Waals surface area contributed by atoms with Crippen molar-refractivity contribution in [3.05, 3.63) is 29.8 Å². The summed E-state index contributed by atoms with van der Waals surface area (Å²) in [4.78, 5) is 4.58. The third kappa shape index (κ3) is 2.75. The van der Waals surface area contributed by atoms with E-state index in [2.05, 4.69) is 19.9 Å². The van der Waals surface area contributed by atoms with Crippen LogP contribution in [0.15, 0.2) is 23.4 Å². The normalized spacial score (nSPS) is 12.2. The van der Waals surface area contributed by atoms with Crippen LogP contribution in [0.4, 0.5) is 5.69 Å². The van der Waals surface area contributed by atoms with Gasteiger partial charge in [-0.2, -0.15) is 10.2 Å². The Morgan fingerprint density at radius 1 is 1.21 bits per heavy atom. The van der Waals surface area contributed by atoms with Gasteiger partial charge in [0.2, 0.25) is 0 Å². The molecule has 128 valence electrons. The smallest absolute Gasteiger partial charge is 0.265 e. The van der Waals surface area contributed by atoms with Gasteiger partial charge in [0.15, 0.2) is 5.65 Å². The fourth-order valence-corrected chi connectivity index (χ4v) is 3.53. The Bertz CT molecular complexity index is 1020. The lowest BCUT2D eigenvalue weighted by Crippen LogP contribution is -2.14. The summed E-state index contributed by atoms with van der Waals surface area (Å²) in [6, 6.07) is 1.86. The molecule has 0 aliphatic heterocycles. The minimum absolute atomic E-state index is 0.0896. The van der Waals surface area contributed by atoms with Crippen LogP contribution in [0.25, 0.3) is 11.0 Å². The lowest BCUT2D eigenvalue weighted by atomic mass is 10.2. The SMILES string of the molecule is Cc1nc2c(cc1NS(=O)(=O)c1cnn(C(C)C)c1)c(C)nn2C. The van der Waals surface area contributed by atoms with Gasteiger partial charge in [-0.25, -0.2) is 13.4 Å². The van der Waals surface area contributed by atoms with E-state index >= 15 is 0 Å². The Morgan fingerprint density at radius 3 is 2.54 bits per heavy atom. The Kier molecular flexibility index (Phi) is 3.83. The Morgan fingerprint density at radius 2 is 1.92 bits per heavy atom. The van der Waals surface area contributed by atoms with E-state index in [4.69, 9.17) is 0 Å². The third-order valence-electron chi connectivity index (χ3n) is 3.85. The highest BCUT2D eigenvalue weighted by Gasteiger charge is 2.20. The standard InChI is InChI=1S/C15H20N6O2S/c1-9(2)21-8-12(7-16-21)24(22,23)19-14-6-13-10(3)18-20(5)15(13)17-11(14)4/h6-9,19H,1-5H3.